The predicted molar refractivity (Wildman–Crippen MR) is 105 cm³/mol. The average Bonchev–Trinajstić information content (AvgIpc) is 2.96. The van der Waals surface area contributed by atoms with E-state index in [1.807, 2.05) is 24.3 Å². The molecule has 0 amide bonds. The highest BCUT2D eigenvalue weighted by Gasteiger charge is 2.24. The van der Waals surface area contributed by atoms with Crippen LogP contribution in [0.5, 0.6) is 5.75 Å². The number of hydrogen-bond donors (Lipinski definition) is 3. The summed E-state index contributed by atoms with van der Waals surface area (Å²) in [6.45, 7) is 4.26. The van der Waals surface area contributed by atoms with Crippen molar-refractivity contribution in [3.05, 3.63) is 29.8 Å². The van der Waals surface area contributed by atoms with Gasteiger partial charge in [0.05, 0.1) is 19.8 Å². The first-order valence-electron chi connectivity index (χ1n) is 8.06. The zero-order valence-electron chi connectivity index (χ0n) is 13.9. The second-order valence-electron chi connectivity index (χ2n) is 5.68. The molecule has 2 rings (SSSR count). The fourth-order valence-corrected chi connectivity index (χ4v) is 2.73. The maximum absolute atomic E-state index is 9.88. The summed E-state index contributed by atoms with van der Waals surface area (Å²) >= 11 is 0. The van der Waals surface area contributed by atoms with Crippen molar-refractivity contribution in [1.82, 2.24) is 10.6 Å². The number of halogens is 1. The minimum Gasteiger partial charge on any atom is -0.497 e. The van der Waals surface area contributed by atoms with E-state index in [9.17, 15) is 5.11 Å². The predicted octanol–water partition coefficient (Wildman–Crippen LogP) is 2.53. The smallest absolute Gasteiger partial charge is 0.191 e. The van der Waals surface area contributed by atoms with Gasteiger partial charge in [-0.1, -0.05) is 18.6 Å². The third-order valence-corrected chi connectivity index (χ3v) is 4.07. The molecule has 23 heavy (non-hydrogen) atoms. The van der Waals surface area contributed by atoms with Gasteiger partial charge in [0.1, 0.15) is 5.75 Å². The third kappa shape index (κ3) is 6.55. The lowest BCUT2D eigenvalue weighted by Gasteiger charge is -2.17. The van der Waals surface area contributed by atoms with Crippen molar-refractivity contribution in [3.8, 4) is 5.75 Å². The van der Waals surface area contributed by atoms with Gasteiger partial charge in [0.25, 0.3) is 0 Å². The summed E-state index contributed by atoms with van der Waals surface area (Å²) in [4.78, 5) is 4.60. The zero-order chi connectivity index (χ0) is 15.8. The van der Waals surface area contributed by atoms with Crippen LogP contribution in [0.15, 0.2) is 29.3 Å². The fourth-order valence-electron chi connectivity index (χ4n) is 2.73. The van der Waals surface area contributed by atoms with Crippen molar-refractivity contribution in [2.24, 2.45) is 10.9 Å². The molecule has 3 N–H and O–H groups in total. The molecule has 0 spiro atoms. The van der Waals surface area contributed by atoms with Gasteiger partial charge in [0.15, 0.2) is 5.96 Å². The van der Waals surface area contributed by atoms with Gasteiger partial charge in [0.2, 0.25) is 0 Å². The molecule has 0 aliphatic heterocycles. The molecule has 1 aliphatic rings. The Balaban J connectivity index is 0.00000264. The monoisotopic (exact) mass is 433 g/mol. The maximum atomic E-state index is 9.88. The van der Waals surface area contributed by atoms with Crippen molar-refractivity contribution in [2.45, 2.75) is 38.8 Å². The number of benzene rings is 1. The summed E-state index contributed by atoms with van der Waals surface area (Å²) in [5.74, 6) is 2.00. The summed E-state index contributed by atoms with van der Waals surface area (Å²) in [7, 11) is 1.66. The Kier molecular flexibility index (Phi) is 9.31. The second kappa shape index (κ2) is 10.7. The number of hydrogen-bond acceptors (Lipinski definition) is 3. The van der Waals surface area contributed by atoms with Crippen molar-refractivity contribution in [3.63, 3.8) is 0 Å². The summed E-state index contributed by atoms with van der Waals surface area (Å²) in [5.41, 5.74) is 1.14. The molecule has 1 aromatic rings. The van der Waals surface area contributed by atoms with E-state index < -0.39 is 0 Å². The molecule has 130 valence electrons. The van der Waals surface area contributed by atoms with E-state index in [1.165, 1.54) is 0 Å². The maximum Gasteiger partial charge on any atom is 0.191 e. The number of guanidine groups is 1. The van der Waals surface area contributed by atoms with Gasteiger partial charge in [-0.25, -0.2) is 4.99 Å². The van der Waals surface area contributed by atoms with Crippen molar-refractivity contribution in [2.75, 3.05) is 20.2 Å². The highest BCUT2D eigenvalue weighted by atomic mass is 127. The molecule has 2 atom stereocenters. The van der Waals surface area contributed by atoms with Crippen LogP contribution in [0.3, 0.4) is 0 Å². The molecular formula is C17H28IN3O2. The van der Waals surface area contributed by atoms with Gasteiger partial charge in [-0.05, 0) is 37.5 Å². The van der Waals surface area contributed by atoms with E-state index in [4.69, 9.17) is 4.74 Å². The van der Waals surface area contributed by atoms with Crippen LogP contribution in [0.4, 0.5) is 0 Å². The van der Waals surface area contributed by atoms with Crippen LogP contribution in [0.2, 0.25) is 0 Å². The van der Waals surface area contributed by atoms with Crippen molar-refractivity contribution in [1.29, 1.82) is 0 Å². The standard InChI is InChI=1S/C17H27N3O2.HI/c1-3-18-17(20-12-14-5-4-6-16(14)21)19-11-13-7-9-15(22-2)10-8-13;/h7-10,14,16,21H,3-6,11-12H2,1-2H3,(H2,18,19,20);1H. The van der Waals surface area contributed by atoms with E-state index in [-0.39, 0.29) is 30.1 Å². The molecule has 0 saturated heterocycles. The summed E-state index contributed by atoms with van der Waals surface area (Å²) in [6.07, 6.45) is 2.96. The molecule has 1 saturated carbocycles. The van der Waals surface area contributed by atoms with Crippen molar-refractivity contribution >= 4 is 29.9 Å². The lowest BCUT2D eigenvalue weighted by Crippen LogP contribution is -2.41. The lowest BCUT2D eigenvalue weighted by molar-refractivity contribution is 0.134. The van der Waals surface area contributed by atoms with Gasteiger partial charge in [-0.3, -0.25) is 0 Å². The van der Waals surface area contributed by atoms with Crippen molar-refractivity contribution < 1.29 is 9.84 Å². The fraction of sp³-hybridized carbons (Fsp3) is 0.588. The minimum absolute atomic E-state index is 0. The molecule has 1 aliphatic carbocycles. The van der Waals surface area contributed by atoms with Gasteiger partial charge in [0, 0.05) is 19.0 Å². The molecule has 2 unspecified atom stereocenters. The number of nitrogens with one attached hydrogen (secondary N) is 2. The number of aliphatic imine (C=N–C) groups is 1. The van der Waals surface area contributed by atoms with Gasteiger partial charge in [-0.15, -0.1) is 24.0 Å². The summed E-state index contributed by atoms with van der Waals surface area (Å²) in [6, 6.07) is 7.93. The molecule has 0 bridgehead atoms. The molecule has 0 heterocycles. The Labute approximate surface area is 155 Å². The zero-order valence-corrected chi connectivity index (χ0v) is 16.2. The third-order valence-electron chi connectivity index (χ3n) is 4.07. The Morgan fingerprint density at radius 3 is 2.57 bits per heavy atom. The van der Waals surface area contributed by atoms with Crippen LogP contribution in [-0.2, 0) is 6.54 Å². The number of nitrogens with zero attached hydrogens (tertiary/aromatic N) is 1. The Morgan fingerprint density at radius 1 is 1.26 bits per heavy atom. The number of aliphatic hydroxyl groups excluding tert-OH is 1. The normalized spacial score (nSPS) is 20.7. The molecule has 0 radical (unpaired) electrons. The van der Waals surface area contributed by atoms with E-state index in [0.29, 0.717) is 12.5 Å². The molecule has 0 aromatic heterocycles. The topological polar surface area (TPSA) is 65.9 Å². The average molecular weight is 433 g/mol. The van der Waals surface area contributed by atoms with Crippen LogP contribution >= 0.6 is 24.0 Å². The van der Waals surface area contributed by atoms with Crippen LogP contribution in [0, 0.1) is 5.92 Å². The van der Waals surface area contributed by atoms with Gasteiger partial charge < -0.3 is 20.5 Å². The molecular weight excluding hydrogens is 405 g/mol. The SMILES string of the molecule is CCNC(=NCc1ccc(OC)cc1)NCC1CCCC1O.I. The molecule has 1 aromatic carbocycles. The summed E-state index contributed by atoms with van der Waals surface area (Å²) < 4.78 is 5.15. The number of rotatable bonds is 6. The largest absolute Gasteiger partial charge is 0.497 e. The molecule has 1 fully saturated rings. The van der Waals surface area contributed by atoms with Gasteiger partial charge >= 0.3 is 0 Å². The number of methoxy groups -OCH3 is 1. The van der Waals surface area contributed by atoms with Crippen LogP contribution in [0.25, 0.3) is 0 Å². The lowest BCUT2D eigenvalue weighted by atomic mass is 10.1. The quantitative estimate of drug-likeness (QED) is 0.367. The summed E-state index contributed by atoms with van der Waals surface area (Å²) in [5, 5.41) is 16.5. The first-order chi connectivity index (χ1) is 10.7. The molecule has 5 nitrogen and oxygen atoms in total. The Bertz CT molecular complexity index is 479. The number of aliphatic hydroxyl groups is 1. The Hall–Kier alpha value is -1.02. The van der Waals surface area contributed by atoms with E-state index >= 15 is 0 Å². The van der Waals surface area contributed by atoms with Crippen LogP contribution < -0.4 is 15.4 Å². The van der Waals surface area contributed by atoms with E-state index in [2.05, 4.69) is 22.5 Å². The second-order valence-corrected chi connectivity index (χ2v) is 5.68. The van der Waals surface area contributed by atoms with Gasteiger partial charge in [-0.2, -0.15) is 0 Å². The van der Waals surface area contributed by atoms with E-state index in [1.54, 1.807) is 7.11 Å². The van der Waals surface area contributed by atoms with E-state index in [0.717, 1.165) is 49.6 Å². The van der Waals surface area contributed by atoms with Crippen LogP contribution in [0.1, 0.15) is 31.7 Å². The highest BCUT2D eigenvalue weighted by Crippen LogP contribution is 2.24. The minimum atomic E-state index is -0.169. The first-order valence-corrected chi connectivity index (χ1v) is 8.06. The highest BCUT2D eigenvalue weighted by molar-refractivity contribution is 14.0. The molecule has 6 heteroatoms. The number of ether oxygens (including phenoxy) is 1. The first kappa shape index (κ1) is 20.0. The van der Waals surface area contributed by atoms with Crippen LogP contribution in [-0.4, -0.2) is 37.4 Å². The Morgan fingerprint density at radius 2 is 2.00 bits per heavy atom.